The highest BCUT2D eigenvalue weighted by Gasteiger charge is 2.04. The van der Waals surface area contributed by atoms with Gasteiger partial charge in [0.2, 0.25) is 5.88 Å². The highest BCUT2D eigenvalue weighted by atomic mass is 16.5. The summed E-state index contributed by atoms with van der Waals surface area (Å²) in [5, 5.41) is 2.70. The minimum Gasteiger partial charge on any atom is -0.484 e. The molecule has 21 heavy (non-hydrogen) atoms. The fourth-order valence-electron chi connectivity index (χ4n) is 1.74. The Morgan fingerprint density at radius 2 is 1.95 bits per heavy atom. The zero-order valence-corrected chi connectivity index (χ0v) is 12.1. The minimum absolute atomic E-state index is 0.0441. The van der Waals surface area contributed by atoms with Crippen LogP contribution in [0.2, 0.25) is 0 Å². The molecule has 1 amide bonds. The maximum atomic E-state index is 11.8. The van der Waals surface area contributed by atoms with Gasteiger partial charge in [0, 0.05) is 6.07 Å². The highest BCUT2D eigenvalue weighted by Crippen LogP contribution is 2.13. The maximum absolute atomic E-state index is 11.8. The number of methoxy groups -OCH3 is 1. The number of nitrogens with zero attached hydrogens (tertiary/aromatic N) is 1. The van der Waals surface area contributed by atoms with Gasteiger partial charge in [0.25, 0.3) is 5.91 Å². The van der Waals surface area contributed by atoms with Gasteiger partial charge in [0.05, 0.1) is 19.0 Å². The Morgan fingerprint density at radius 3 is 2.52 bits per heavy atom. The molecule has 2 rings (SSSR count). The number of ether oxygens (including phenoxy) is 2. The van der Waals surface area contributed by atoms with E-state index in [2.05, 4.69) is 17.2 Å². The summed E-state index contributed by atoms with van der Waals surface area (Å²) < 4.78 is 10.4. The minimum atomic E-state index is -0.235. The van der Waals surface area contributed by atoms with Crippen LogP contribution in [0.4, 0.5) is 5.69 Å². The molecule has 0 fully saturated rings. The van der Waals surface area contributed by atoms with Gasteiger partial charge < -0.3 is 14.8 Å². The number of rotatable bonds is 6. The van der Waals surface area contributed by atoms with Crippen LogP contribution in [-0.4, -0.2) is 24.6 Å². The monoisotopic (exact) mass is 286 g/mol. The van der Waals surface area contributed by atoms with Gasteiger partial charge in [0.1, 0.15) is 5.75 Å². The van der Waals surface area contributed by atoms with E-state index in [9.17, 15) is 4.79 Å². The number of anilines is 1. The third-order valence-corrected chi connectivity index (χ3v) is 2.93. The summed E-state index contributed by atoms with van der Waals surface area (Å²) in [6.45, 7) is 2.05. The average Bonchev–Trinajstić information content (AvgIpc) is 2.54. The smallest absolute Gasteiger partial charge is 0.262 e. The number of nitrogens with one attached hydrogen (secondary N) is 1. The van der Waals surface area contributed by atoms with Crippen molar-refractivity contribution in [2.75, 3.05) is 19.0 Å². The molecule has 1 aromatic carbocycles. The van der Waals surface area contributed by atoms with Gasteiger partial charge in [-0.2, -0.15) is 0 Å². The summed E-state index contributed by atoms with van der Waals surface area (Å²) in [5.74, 6) is 0.942. The molecule has 0 radical (unpaired) electrons. The lowest BCUT2D eigenvalue weighted by Crippen LogP contribution is -2.20. The molecule has 110 valence electrons. The number of carbonyl (C=O) groups is 1. The number of aryl methyl sites for hydroxylation is 1. The number of hydrogen-bond donors (Lipinski definition) is 1. The largest absolute Gasteiger partial charge is 0.484 e. The summed E-state index contributed by atoms with van der Waals surface area (Å²) >= 11 is 0. The van der Waals surface area contributed by atoms with Crippen molar-refractivity contribution in [3.05, 3.63) is 48.2 Å². The van der Waals surface area contributed by atoms with Crippen molar-refractivity contribution in [1.82, 2.24) is 4.98 Å². The quantitative estimate of drug-likeness (QED) is 0.887. The molecule has 0 atom stereocenters. The van der Waals surface area contributed by atoms with E-state index in [1.54, 1.807) is 12.1 Å². The number of aromatic nitrogens is 1. The number of amides is 1. The van der Waals surface area contributed by atoms with Gasteiger partial charge >= 0.3 is 0 Å². The van der Waals surface area contributed by atoms with E-state index in [4.69, 9.17) is 9.47 Å². The molecule has 5 nitrogen and oxygen atoms in total. The second-order valence-electron chi connectivity index (χ2n) is 4.42. The van der Waals surface area contributed by atoms with Crippen LogP contribution in [0.3, 0.4) is 0 Å². The Morgan fingerprint density at radius 1 is 1.19 bits per heavy atom. The number of pyridine rings is 1. The Kier molecular flexibility index (Phi) is 5.15. The molecule has 0 aliphatic heterocycles. The Balaban J connectivity index is 1.83. The van der Waals surface area contributed by atoms with E-state index in [0.717, 1.165) is 6.42 Å². The summed E-state index contributed by atoms with van der Waals surface area (Å²) in [4.78, 5) is 15.8. The van der Waals surface area contributed by atoms with E-state index < -0.39 is 0 Å². The standard InChI is InChI=1S/C16H18N2O3/c1-3-12-4-7-14(8-5-12)21-11-15(19)18-13-6-9-16(20-2)17-10-13/h4-10H,3,11H2,1-2H3,(H,18,19). The van der Waals surface area contributed by atoms with Crippen molar-refractivity contribution in [3.63, 3.8) is 0 Å². The van der Waals surface area contributed by atoms with Crippen molar-refractivity contribution in [3.8, 4) is 11.6 Å². The third-order valence-electron chi connectivity index (χ3n) is 2.93. The zero-order valence-electron chi connectivity index (χ0n) is 12.1. The first kappa shape index (κ1) is 14.8. The van der Waals surface area contributed by atoms with Crippen molar-refractivity contribution >= 4 is 11.6 Å². The fourth-order valence-corrected chi connectivity index (χ4v) is 1.74. The average molecular weight is 286 g/mol. The highest BCUT2D eigenvalue weighted by molar-refractivity contribution is 5.91. The van der Waals surface area contributed by atoms with Crippen molar-refractivity contribution in [2.45, 2.75) is 13.3 Å². The lowest BCUT2D eigenvalue weighted by Gasteiger charge is -2.08. The zero-order chi connectivity index (χ0) is 15.1. The Hall–Kier alpha value is -2.56. The first-order chi connectivity index (χ1) is 10.2. The molecule has 0 aliphatic carbocycles. The predicted octanol–water partition coefficient (Wildman–Crippen LogP) is 2.67. The lowest BCUT2D eigenvalue weighted by atomic mass is 10.2. The van der Waals surface area contributed by atoms with Gasteiger partial charge in [0.15, 0.2) is 6.61 Å². The maximum Gasteiger partial charge on any atom is 0.262 e. The fraction of sp³-hybridized carbons (Fsp3) is 0.250. The summed E-state index contributed by atoms with van der Waals surface area (Å²) in [6, 6.07) is 11.1. The van der Waals surface area contributed by atoms with Crippen LogP contribution in [0, 0.1) is 0 Å². The van der Waals surface area contributed by atoms with Crippen molar-refractivity contribution in [1.29, 1.82) is 0 Å². The molecule has 0 aliphatic rings. The number of hydrogen-bond acceptors (Lipinski definition) is 4. The molecule has 0 bridgehead atoms. The van der Waals surface area contributed by atoms with E-state index in [-0.39, 0.29) is 12.5 Å². The summed E-state index contributed by atoms with van der Waals surface area (Å²) in [5.41, 5.74) is 1.84. The van der Waals surface area contributed by atoms with Crippen LogP contribution in [0.15, 0.2) is 42.6 Å². The SMILES string of the molecule is CCc1ccc(OCC(=O)Nc2ccc(OC)nc2)cc1. The third kappa shape index (κ3) is 4.49. The molecule has 2 aromatic rings. The Bertz CT molecular complexity index is 579. The molecule has 5 heteroatoms. The normalized spacial score (nSPS) is 10.0. The lowest BCUT2D eigenvalue weighted by molar-refractivity contribution is -0.118. The molecule has 0 saturated carbocycles. The molecule has 1 N–H and O–H groups in total. The summed E-state index contributed by atoms with van der Waals surface area (Å²) in [6.07, 6.45) is 2.51. The first-order valence-corrected chi connectivity index (χ1v) is 6.73. The molecule has 0 saturated heterocycles. The van der Waals surface area contributed by atoms with Gasteiger partial charge in [-0.25, -0.2) is 4.98 Å². The molecular weight excluding hydrogens is 268 g/mol. The van der Waals surface area contributed by atoms with Crippen LogP contribution in [-0.2, 0) is 11.2 Å². The molecule has 1 heterocycles. The van der Waals surface area contributed by atoms with E-state index >= 15 is 0 Å². The van der Waals surface area contributed by atoms with E-state index in [1.165, 1.54) is 18.9 Å². The second kappa shape index (κ2) is 7.28. The topological polar surface area (TPSA) is 60.5 Å². The molecule has 0 spiro atoms. The van der Waals surface area contributed by atoms with E-state index in [0.29, 0.717) is 17.3 Å². The van der Waals surface area contributed by atoms with Gasteiger partial charge in [-0.3, -0.25) is 4.79 Å². The van der Waals surface area contributed by atoms with Gasteiger partial charge in [-0.1, -0.05) is 19.1 Å². The molecule has 1 aromatic heterocycles. The van der Waals surface area contributed by atoms with Crippen molar-refractivity contribution in [2.24, 2.45) is 0 Å². The van der Waals surface area contributed by atoms with Gasteiger partial charge in [-0.15, -0.1) is 0 Å². The van der Waals surface area contributed by atoms with Crippen LogP contribution >= 0.6 is 0 Å². The van der Waals surface area contributed by atoms with Crippen LogP contribution in [0.25, 0.3) is 0 Å². The second-order valence-corrected chi connectivity index (χ2v) is 4.42. The molecule has 0 unspecified atom stereocenters. The van der Waals surface area contributed by atoms with Crippen LogP contribution in [0.5, 0.6) is 11.6 Å². The molecular formula is C16H18N2O3. The van der Waals surface area contributed by atoms with E-state index in [1.807, 2.05) is 24.3 Å². The number of benzene rings is 1. The predicted molar refractivity (Wildman–Crippen MR) is 80.7 cm³/mol. The van der Waals surface area contributed by atoms with Crippen LogP contribution < -0.4 is 14.8 Å². The summed E-state index contributed by atoms with van der Waals surface area (Å²) in [7, 11) is 1.54. The number of carbonyl (C=O) groups excluding carboxylic acids is 1. The van der Waals surface area contributed by atoms with Gasteiger partial charge in [-0.05, 0) is 30.2 Å². The first-order valence-electron chi connectivity index (χ1n) is 6.73. The Labute approximate surface area is 123 Å². The van der Waals surface area contributed by atoms with Crippen molar-refractivity contribution < 1.29 is 14.3 Å². The van der Waals surface area contributed by atoms with Crippen LogP contribution in [0.1, 0.15) is 12.5 Å².